The molecule has 0 saturated heterocycles. The number of methoxy groups -OCH3 is 1. The summed E-state index contributed by atoms with van der Waals surface area (Å²) < 4.78 is 5.01. The van der Waals surface area contributed by atoms with Gasteiger partial charge in [0.05, 0.1) is 12.1 Å². The maximum absolute atomic E-state index is 6.02. The molecule has 0 amide bonds. The van der Waals surface area contributed by atoms with Crippen LogP contribution >= 0.6 is 11.6 Å². The molecule has 0 aliphatic heterocycles. The van der Waals surface area contributed by atoms with Gasteiger partial charge in [-0.2, -0.15) is 0 Å². The molecule has 3 nitrogen and oxygen atoms in total. The summed E-state index contributed by atoms with van der Waals surface area (Å²) in [7, 11) is 1.58. The standard InChI is InChI=1S/C9H11ClN2O/c1-13-8-4-6(7(10)5-12-8)9(11)2-3-9/h4-5H,2-3,11H2,1H3. The van der Waals surface area contributed by atoms with E-state index in [-0.39, 0.29) is 5.54 Å². The first kappa shape index (κ1) is 8.78. The van der Waals surface area contributed by atoms with Crippen molar-refractivity contribution in [3.05, 3.63) is 22.8 Å². The van der Waals surface area contributed by atoms with E-state index in [1.165, 1.54) is 0 Å². The zero-order valence-corrected chi connectivity index (χ0v) is 8.14. The van der Waals surface area contributed by atoms with Crippen LogP contribution in [0.15, 0.2) is 12.3 Å². The van der Waals surface area contributed by atoms with Crippen molar-refractivity contribution in [1.29, 1.82) is 0 Å². The van der Waals surface area contributed by atoms with E-state index >= 15 is 0 Å². The SMILES string of the molecule is COc1cc(C2(N)CC2)c(Cl)cn1. The Kier molecular flexibility index (Phi) is 1.93. The van der Waals surface area contributed by atoms with E-state index in [0.29, 0.717) is 10.9 Å². The quantitative estimate of drug-likeness (QED) is 0.787. The second-order valence-electron chi connectivity index (χ2n) is 3.36. The molecule has 2 rings (SSSR count). The van der Waals surface area contributed by atoms with Gasteiger partial charge in [-0.05, 0) is 18.4 Å². The van der Waals surface area contributed by atoms with Crippen molar-refractivity contribution in [3.63, 3.8) is 0 Å². The fourth-order valence-corrected chi connectivity index (χ4v) is 1.61. The molecule has 70 valence electrons. The number of rotatable bonds is 2. The van der Waals surface area contributed by atoms with Gasteiger partial charge in [-0.15, -0.1) is 0 Å². The van der Waals surface area contributed by atoms with Crippen molar-refractivity contribution in [1.82, 2.24) is 4.98 Å². The number of halogens is 1. The van der Waals surface area contributed by atoms with Crippen LogP contribution in [0.1, 0.15) is 18.4 Å². The Hall–Kier alpha value is -0.800. The van der Waals surface area contributed by atoms with E-state index in [1.807, 2.05) is 6.07 Å². The Morgan fingerprint density at radius 2 is 2.31 bits per heavy atom. The minimum atomic E-state index is -0.229. The maximum atomic E-state index is 6.02. The van der Waals surface area contributed by atoms with E-state index in [9.17, 15) is 0 Å². The molecule has 1 saturated carbocycles. The molecule has 0 radical (unpaired) electrons. The molecule has 1 aromatic rings. The molecule has 4 heteroatoms. The second kappa shape index (κ2) is 2.86. The Bertz CT molecular complexity index is 336. The van der Waals surface area contributed by atoms with Gasteiger partial charge >= 0.3 is 0 Å². The first-order valence-electron chi connectivity index (χ1n) is 4.14. The lowest BCUT2D eigenvalue weighted by molar-refractivity contribution is 0.396. The number of ether oxygens (including phenoxy) is 1. The van der Waals surface area contributed by atoms with Crippen molar-refractivity contribution >= 4 is 11.6 Å². The Morgan fingerprint density at radius 3 is 2.85 bits per heavy atom. The van der Waals surface area contributed by atoms with Crippen molar-refractivity contribution in [2.24, 2.45) is 5.73 Å². The lowest BCUT2D eigenvalue weighted by Crippen LogP contribution is -2.19. The third-order valence-electron chi connectivity index (χ3n) is 2.36. The lowest BCUT2D eigenvalue weighted by atomic mass is 10.1. The van der Waals surface area contributed by atoms with Crippen LogP contribution < -0.4 is 10.5 Å². The van der Waals surface area contributed by atoms with Crippen molar-refractivity contribution < 1.29 is 4.74 Å². The van der Waals surface area contributed by atoms with Crippen molar-refractivity contribution in [2.75, 3.05) is 7.11 Å². The molecule has 0 unspecified atom stereocenters. The molecule has 13 heavy (non-hydrogen) atoms. The van der Waals surface area contributed by atoms with E-state index in [0.717, 1.165) is 18.4 Å². The van der Waals surface area contributed by atoms with Gasteiger partial charge in [0, 0.05) is 17.8 Å². The molecule has 2 N–H and O–H groups in total. The van der Waals surface area contributed by atoms with Crippen molar-refractivity contribution in [3.8, 4) is 5.88 Å². The first-order valence-corrected chi connectivity index (χ1v) is 4.52. The average Bonchev–Trinajstić information content (AvgIpc) is 2.86. The summed E-state index contributed by atoms with van der Waals surface area (Å²) in [6, 6.07) is 1.81. The van der Waals surface area contributed by atoms with Gasteiger partial charge in [0.25, 0.3) is 0 Å². The fraction of sp³-hybridized carbons (Fsp3) is 0.444. The molecule has 0 aromatic carbocycles. The summed E-state index contributed by atoms with van der Waals surface area (Å²) in [5, 5.41) is 0.626. The van der Waals surface area contributed by atoms with E-state index in [2.05, 4.69) is 4.98 Å². The van der Waals surface area contributed by atoms with Gasteiger partial charge in [-0.3, -0.25) is 0 Å². The molecule has 0 bridgehead atoms. The minimum Gasteiger partial charge on any atom is -0.481 e. The van der Waals surface area contributed by atoms with Crippen molar-refractivity contribution in [2.45, 2.75) is 18.4 Å². The summed E-state index contributed by atoms with van der Waals surface area (Å²) in [5.74, 6) is 0.566. The summed E-state index contributed by atoms with van der Waals surface area (Å²) in [5.41, 5.74) is 6.74. The Morgan fingerprint density at radius 1 is 1.62 bits per heavy atom. The topological polar surface area (TPSA) is 48.1 Å². The summed E-state index contributed by atoms with van der Waals surface area (Å²) in [6.07, 6.45) is 3.56. The molecule has 1 aliphatic rings. The van der Waals surface area contributed by atoms with Crippen LogP contribution in [-0.2, 0) is 5.54 Å². The number of nitrogens with two attached hydrogens (primary N) is 1. The van der Waals surface area contributed by atoms with Crippen LogP contribution in [0.3, 0.4) is 0 Å². The highest BCUT2D eigenvalue weighted by Gasteiger charge is 2.41. The van der Waals surface area contributed by atoms with Gasteiger partial charge < -0.3 is 10.5 Å². The number of nitrogens with zero attached hydrogens (tertiary/aromatic N) is 1. The van der Waals surface area contributed by atoms with Crippen LogP contribution in [0.2, 0.25) is 5.02 Å². The van der Waals surface area contributed by atoms with Gasteiger partial charge in [0.15, 0.2) is 0 Å². The third-order valence-corrected chi connectivity index (χ3v) is 2.67. The monoisotopic (exact) mass is 198 g/mol. The van der Waals surface area contributed by atoms with Gasteiger partial charge in [-0.1, -0.05) is 11.6 Å². The van der Waals surface area contributed by atoms with Crippen LogP contribution in [-0.4, -0.2) is 12.1 Å². The summed E-state index contributed by atoms with van der Waals surface area (Å²) in [4.78, 5) is 3.99. The number of pyridine rings is 1. The fourth-order valence-electron chi connectivity index (χ4n) is 1.32. The molecule has 0 atom stereocenters. The van der Waals surface area contributed by atoms with Crippen LogP contribution in [0.25, 0.3) is 0 Å². The highest BCUT2D eigenvalue weighted by molar-refractivity contribution is 6.31. The predicted molar refractivity (Wildman–Crippen MR) is 50.9 cm³/mol. The van der Waals surface area contributed by atoms with Gasteiger partial charge in [0.1, 0.15) is 0 Å². The minimum absolute atomic E-state index is 0.229. The van der Waals surface area contributed by atoms with Gasteiger partial charge in [0.2, 0.25) is 5.88 Å². The number of aromatic nitrogens is 1. The highest BCUT2D eigenvalue weighted by atomic mass is 35.5. The van der Waals surface area contributed by atoms with E-state index in [1.54, 1.807) is 13.3 Å². The molecule has 1 aromatic heterocycles. The second-order valence-corrected chi connectivity index (χ2v) is 3.77. The maximum Gasteiger partial charge on any atom is 0.213 e. The van der Waals surface area contributed by atoms with Crippen LogP contribution in [0.4, 0.5) is 0 Å². The molecule has 0 spiro atoms. The zero-order chi connectivity index (χ0) is 9.47. The lowest BCUT2D eigenvalue weighted by Gasteiger charge is -2.11. The normalized spacial score (nSPS) is 18.4. The first-order chi connectivity index (χ1) is 6.15. The molecule has 1 fully saturated rings. The molecule has 1 aliphatic carbocycles. The van der Waals surface area contributed by atoms with Crippen LogP contribution in [0.5, 0.6) is 5.88 Å². The number of hydrogen-bond acceptors (Lipinski definition) is 3. The Balaban J connectivity index is 2.43. The number of hydrogen-bond donors (Lipinski definition) is 1. The predicted octanol–water partition coefficient (Wildman–Crippen LogP) is 1.69. The molecular formula is C9H11ClN2O. The average molecular weight is 199 g/mol. The van der Waals surface area contributed by atoms with E-state index < -0.39 is 0 Å². The third kappa shape index (κ3) is 1.49. The Labute approximate surface area is 81.9 Å². The van der Waals surface area contributed by atoms with Gasteiger partial charge in [-0.25, -0.2) is 4.98 Å². The van der Waals surface area contributed by atoms with E-state index in [4.69, 9.17) is 22.1 Å². The molecule has 1 heterocycles. The summed E-state index contributed by atoms with van der Waals surface area (Å²) >= 11 is 5.98. The smallest absolute Gasteiger partial charge is 0.213 e. The zero-order valence-electron chi connectivity index (χ0n) is 7.38. The molecular weight excluding hydrogens is 188 g/mol. The largest absolute Gasteiger partial charge is 0.481 e. The van der Waals surface area contributed by atoms with Crippen LogP contribution in [0, 0.1) is 0 Å². The highest BCUT2D eigenvalue weighted by Crippen LogP contribution is 2.45. The summed E-state index contributed by atoms with van der Waals surface area (Å²) in [6.45, 7) is 0.